The molecule has 24 heteroatoms. The van der Waals surface area contributed by atoms with Crippen molar-refractivity contribution >= 4 is 77.9 Å². The second-order valence-electron chi connectivity index (χ2n) is 1.78. The van der Waals surface area contributed by atoms with Crippen LogP contribution in [0.15, 0.2) is 0 Å². The van der Waals surface area contributed by atoms with Crippen molar-refractivity contribution in [1.29, 1.82) is 0 Å². The second kappa shape index (κ2) is 25.4. The van der Waals surface area contributed by atoms with Gasteiger partial charge in [-0.2, -0.15) is 0 Å². The number of hydrogen-bond donors (Lipinski definition) is 6. The van der Waals surface area contributed by atoms with Gasteiger partial charge in [0.25, 0.3) is 0 Å². The van der Waals surface area contributed by atoms with Crippen molar-refractivity contribution in [1.82, 2.24) is 0 Å². The molecular formula is H6Al2O17P2Si3. The predicted molar refractivity (Wildman–Crippen MR) is 59.4 cm³/mol. The van der Waals surface area contributed by atoms with Crippen LogP contribution in [0, 0.1) is 0 Å². The third-order valence-corrected chi connectivity index (χ3v) is 0. The Labute approximate surface area is 158 Å². The molecule has 24 heavy (non-hydrogen) atoms. The van der Waals surface area contributed by atoms with Gasteiger partial charge in [0.05, 0.1) is 0 Å². The van der Waals surface area contributed by atoms with Gasteiger partial charge >= 0.3 is 50.4 Å². The molecule has 17 nitrogen and oxygen atoms in total. The smallest absolute Gasteiger partial charge is 0.672 e. The molecule has 0 aliphatic rings. The molecule has 0 radical (unpaired) electrons. The number of hydrogen-bond acceptors (Lipinski definition) is 11. The first kappa shape index (κ1) is 44.0. The van der Waals surface area contributed by atoms with Gasteiger partial charge in [-0.05, 0) is 0 Å². The first-order valence-corrected chi connectivity index (χ1v) is 10.2. The van der Waals surface area contributed by atoms with E-state index in [4.69, 9.17) is 80.7 Å². The van der Waals surface area contributed by atoms with E-state index in [0.29, 0.717) is 0 Å². The van der Waals surface area contributed by atoms with Crippen molar-refractivity contribution in [2.24, 2.45) is 0 Å². The Kier molecular flexibility index (Phi) is 46.5. The maximum absolute atomic E-state index is 8.88. The Morgan fingerprint density at radius 3 is 0.500 bits per heavy atom. The molecule has 0 heterocycles. The van der Waals surface area contributed by atoms with Crippen LogP contribution in [0.25, 0.3) is 0 Å². The summed E-state index contributed by atoms with van der Waals surface area (Å²) < 4.78 is 43.3. The molecule has 0 rings (SSSR count). The van der Waals surface area contributed by atoms with Gasteiger partial charge in [-0.3, -0.25) is 0 Å². The van der Waals surface area contributed by atoms with E-state index in [1.165, 1.54) is 0 Å². The fourth-order valence-electron chi connectivity index (χ4n) is 0. The fraction of sp³-hybridized carbons (Fsp3) is 0. The van der Waals surface area contributed by atoms with E-state index in [1.807, 2.05) is 0 Å². The predicted octanol–water partition coefficient (Wildman–Crippen LogP) is -11.3. The van der Waals surface area contributed by atoms with Crippen LogP contribution < -0.4 is 28.8 Å². The summed E-state index contributed by atoms with van der Waals surface area (Å²) in [7, 11) is -20.2. The van der Waals surface area contributed by atoms with Gasteiger partial charge in [0.2, 0.25) is 0 Å². The average molecular weight is 478 g/mol. The van der Waals surface area contributed by atoms with Crippen LogP contribution >= 0.6 is 15.6 Å². The zero-order chi connectivity index (χ0) is 19.7. The van der Waals surface area contributed by atoms with Crippen LogP contribution in [0.5, 0.6) is 0 Å². The summed E-state index contributed by atoms with van der Waals surface area (Å²) in [5.74, 6) is 0. The molecule has 136 valence electrons. The summed E-state index contributed by atoms with van der Waals surface area (Å²) in [4.78, 5) is 94.2. The molecule has 0 atom stereocenters. The van der Waals surface area contributed by atoms with Crippen molar-refractivity contribution in [3.05, 3.63) is 0 Å². The van der Waals surface area contributed by atoms with E-state index in [2.05, 4.69) is 0 Å². The summed E-state index contributed by atoms with van der Waals surface area (Å²) in [5.41, 5.74) is 0. The third-order valence-electron chi connectivity index (χ3n) is 0. The van der Waals surface area contributed by atoms with E-state index >= 15 is 0 Å². The molecule has 0 spiro atoms. The van der Waals surface area contributed by atoms with Gasteiger partial charge in [0.15, 0.2) is 0 Å². The molecule has 0 amide bonds. The average Bonchev–Trinajstić information content (AvgIpc) is 1.88. The number of rotatable bonds is 0. The summed E-state index contributed by atoms with van der Waals surface area (Å²) in [6.07, 6.45) is 0. The molecule has 0 unspecified atom stereocenters. The van der Waals surface area contributed by atoms with Crippen LogP contribution in [0.2, 0.25) is 0 Å². The minimum atomic E-state index is -4.64. The molecule has 0 aromatic heterocycles. The van der Waals surface area contributed by atoms with Crippen LogP contribution in [-0.2, 0) is 22.5 Å². The minimum Gasteiger partial charge on any atom is -0.672 e. The van der Waals surface area contributed by atoms with Crippen molar-refractivity contribution in [3.8, 4) is 0 Å². The summed E-state index contributed by atoms with van der Waals surface area (Å²) in [6, 6.07) is 0. The SMILES string of the molecule is O=P(O)(O)O.O=P(O)(O)O.O=[Si]([O-])[O-].O=[Si]([O-])[O-].O=[Si]([O-])[O-].[Al+3].[Al+3]. The quantitative estimate of drug-likeness (QED) is 0.139. The number of phosphoric acid groups is 2. The second-order valence-corrected chi connectivity index (χ2v) is 5.33. The first-order valence-electron chi connectivity index (χ1n) is 3.40. The minimum absolute atomic E-state index is 0. The van der Waals surface area contributed by atoms with Gasteiger partial charge < -0.3 is 71.5 Å². The van der Waals surface area contributed by atoms with Crippen LogP contribution in [0.3, 0.4) is 0 Å². The fourth-order valence-corrected chi connectivity index (χ4v) is 0. The maximum atomic E-state index is 8.88. The Morgan fingerprint density at radius 2 is 0.500 bits per heavy atom. The molecule has 6 N–H and O–H groups in total. The van der Waals surface area contributed by atoms with Crippen molar-refractivity contribution in [3.63, 3.8) is 0 Å². The van der Waals surface area contributed by atoms with Gasteiger partial charge in [0.1, 0.15) is 0 Å². The molecule has 0 saturated carbocycles. The zero-order valence-electron chi connectivity index (χ0n) is 10.7. The van der Waals surface area contributed by atoms with Crippen molar-refractivity contribution < 1.29 is 80.7 Å². The van der Waals surface area contributed by atoms with E-state index in [-0.39, 0.29) is 34.7 Å². The standard InChI is InChI=1S/2Al.2H3O4P.3O3Si/c;;2*1-5(2,3)4;3*1-4(2)3/h;;2*(H3,1,2,3,4);;;/q2*+3;;;3*-2. The van der Waals surface area contributed by atoms with Gasteiger partial charge in [0, 0.05) is 27.5 Å². The van der Waals surface area contributed by atoms with Crippen LogP contribution in [0.4, 0.5) is 0 Å². The normalized spacial score (nSPS) is 7.92. The molecule has 0 aromatic carbocycles. The summed E-state index contributed by atoms with van der Waals surface area (Å²) in [5, 5.41) is 0. The molecule has 0 saturated heterocycles. The zero-order valence-corrected chi connectivity index (χ0v) is 17.8. The third kappa shape index (κ3) is 538000. The Balaban J connectivity index is -0.0000000296. The monoisotopic (exact) mass is 478 g/mol. The summed E-state index contributed by atoms with van der Waals surface area (Å²) >= 11 is 0. The van der Waals surface area contributed by atoms with E-state index in [9.17, 15) is 0 Å². The van der Waals surface area contributed by atoms with Gasteiger partial charge in [-0.1, -0.05) is 0 Å². The molecule has 0 aromatic rings. The van der Waals surface area contributed by atoms with Crippen LogP contribution in [0.1, 0.15) is 0 Å². The van der Waals surface area contributed by atoms with E-state index in [0.717, 1.165) is 0 Å². The van der Waals surface area contributed by atoms with E-state index < -0.39 is 43.2 Å². The van der Waals surface area contributed by atoms with Crippen LogP contribution in [-0.4, -0.2) is 91.6 Å². The van der Waals surface area contributed by atoms with Crippen molar-refractivity contribution in [2.45, 2.75) is 0 Å². The summed E-state index contributed by atoms with van der Waals surface area (Å²) in [6.45, 7) is 0. The van der Waals surface area contributed by atoms with Gasteiger partial charge in [-0.15, -0.1) is 0 Å². The van der Waals surface area contributed by atoms with Crippen molar-refractivity contribution in [2.75, 3.05) is 0 Å². The Morgan fingerprint density at radius 1 is 0.500 bits per heavy atom. The maximum Gasteiger partial charge on any atom is 3.00 e. The Bertz CT molecular complexity index is 318. The van der Waals surface area contributed by atoms with E-state index in [1.54, 1.807) is 0 Å². The molecule has 0 fully saturated rings. The largest absolute Gasteiger partial charge is 3.00 e. The molecule has 0 aliphatic heterocycles. The topological polar surface area (TPSA) is 345 Å². The van der Waals surface area contributed by atoms with Gasteiger partial charge in [-0.25, -0.2) is 9.13 Å². The molecular weight excluding hydrogens is 472 g/mol. The molecule has 0 bridgehead atoms. The molecule has 0 aliphatic carbocycles. The Hall–Kier alpha value is 0.136. The first-order chi connectivity index (χ1) is 9.20.